The number of hydrogen-bond donors (Lipinski definition) is 3. The molecule has 3 unspecified atom stereocenters. The number of ether oxygens (including phenoxy) is 1. The molecule has 0 fully saturated rings. The molecular weight excluding hydrogens is 670 g/mol. The normalized spacial score (nSPS) is 14.2. The number of carbonyl (C=O) groups is 3. The van der Waals surface area contributed by atoms with Crippen molar-refractivity contribution >= 4 is 29.4 Å². The predicted octanol–water partition coefficient (Wildman–Crippen LogP) is 7.16. The number of amides is 2. The minimum atomic E-state index is -1.45. The molecule has 266 valence electrons. The van der Waals surface area contributed by atoms with Crippen LogP contribution in [0, 0.1) is 5.92 Å². The summed E-state index contributed by atoms with van der Waals surface area (Å²) >= 11 is 6.89. The number of carbonyl (C=O) groups excluding carboxylic acids is 3. The molecule has 52 heavy (non-hydrogen) atoms. The van der Waals surface area contributed by atoms with Crippen molar-refractivity contribution in [1.29, 1.82) is 0 Å². The molecule has 0 saturated carbocycles. The lowest BCUT2D eigenvalue weighted by Gasteiger charge is -2.36. The molecule has 2 bridgehead atoms. The summed E-state index contributed by atoms with van der Waals surface area (Å²) in [6, 6.07) is 39.2. The quantitative estimate of drug-likeness (QED) is 0.0836. The molecule has 7 nitrogen and oxygen atoms in total. The third kappa shape index (κ3) is 8.44. The molecule has 0 spiro atoms. The van der Waals surface area contributed by atoms with Crippen LogP contribution in [0.1, 0.15) is 53.6 Å². The molecule has 1 aliphatic rings. The van der Waals surface area contributed by atoms with Crippen molar-refractivity contribution in [3.8, 4) is 11.1 Å². The van der Waals surface area contributed by atoms with E-state index < -0.39 is 42.0 Å². The van der Waals surface area contributed by atoms with Crippen LogP contribution in [0.4, 0.5) is 0 Å². The molecule has 0 aromatic heterocycles. The van der Waals surface area contributed by atoms with E-state index in [1.165, 1.54) is 11.1 Å². The van der Waals surface area contributed by atoms with Gasteiger partial charge >= 0.3 is 5.97 Å². The molecule has 5 aromatic rings. The van der Waals surface area contributed by atoms with Crippen molar-refractivity contribution in [2.24, 2.45) is 11.7 Å². The molecule has 0 heterocycles. The summed E-state index contributed by atoms with van der Waals surface area (Å²) in [4.78, 5) is 40.6. The topological polar surface area (TPSA) is 111 Å². The Balaban J connectivity index is 1.26. The molecule has 1 aliphatic carbocycles. The molecule has 0 saturated heterocycles. The zero-order valence-corrected chi connectivity index (χ0v) is 30.2. The first kappa shape index (κ1) is 36.5. The fraction of sp³-hybridized carbons (Fsp3) is 0.250. The molecule has 8 heteroatoms. The van der Waals surface area contributed by atoms with Gasteiger partial charge < -0.3 is 21.1 Å². The van der Waals surface area contributed by atoms with Gasteiger partial charge in [-0.1, -0.05) is 147 Å². The van der Waals surface area contributed by atoms with Gasteiger partial charge in [0.25, 0.3) is 0 Å². The van der Waals surface area contributed by atoms with E-state index in [9.17, 15) is 14.4 Å². The predicted molar refractivity (Wildman–Crippen MR) is 206 cm³/mol. The lowest BCUT2D eigenvalue weighted by molar-refractivity contribution is -0.153. The number of benzene rings is 5. The van der Waals surface area contributed by atoms with Gasteiger partial charge in [0.1, 0.15) is 12.6 Å². The Morgan fingerprint density at radius 1 is 0.750 bits per heavy atom. The SMILES string of the molecule is CC(C)CC(NC(=O)C(N)Cc1ccccc1)C(=O)NCC(=O)OC(c1ccccc1)(c1ccc(-c2cc3cc(c2)CC3)cc1)c1ccccc1Cl. The van der Waals surface area contributed by atoms with Crippen LogP contribution in [0.15, 0.2) is 127 Å². The molecule has 2 amide bonds. The molecule has 5 aromatic carbocycles. The van der Waals surface area contributed by atoms with E-state index in [1.54, 1.807) is 6.07 Å². The van der Waals surface area contributed by atoms with Crippen LogP contribution in [0.5, 0.6) is 0 Å². The number of nitrogens with one attached hydrogen (secondary N) is 2. The van der Waals surface area contributed by atoms with Crippen molar-refractivity contribution in [2.45, 2.75) is 57.2 Å². The van der Waals surface area contributed by atoms with Crippen LogP contribution in [0.3, 0.4) is 0 Å². The van der Waals surface area contributed by atoms with Gasteiger partial charge in [-0.15, -0.1) is 0 Å². The maximum atomic E-state index is 14.0. The smallest absolute Gasteiger partial charge is 0.326 e. The highest BCUT2D eigenvalue weighted by atomic mass is 35.5. The molecule has 0 aliphatic heterocycles. The Kier molecular flexibility index (Phi) is 11.5. The molecule has 3 atom stereocenters. The Bertz CT molecular complexity index is 1990. The monoisotopic (exact) mass is 713 g/mol. The van der Waals surface area contributed by atoms with Crippen LogP contribution in [0.25, 0.3) is 11.1 Å². The summed E-state index contributed by atoms with van der Waals surface area (Å²) in [5.41, 5.74) is 12.5. The van der Waals surface area contributed by atoms with Gasteiger partial charge in [0, 0.05) is 21.7 Å². The van der Waals surface area contributed by atoms with E-state index in [4.69, 9.17) is 22.1 Å². The van der Waals surface area contributed by atoms with Gasteiger partial charge in [-0.3, -0.25) is 14.4 Å². The number of halogens is 1. The van der Waals surface area contributed by atoms with Crippen molar-refractivity contribution in [1.82, 2.24) is 10.6 Å². The van der Waals surface area contributed by atoms with Crippen molar-refractivity contribution in [3.63, 3.8) is 0 Å². The first-order valence-corrected chi connectivity index (χ1v) is 18.1. The zero-order valence-electron chi connectivity index (χ0n) is 29.5. The average Bonchev–Trinajstić information content (AvgIpc) is 3.50. The number of aryl methyl sites for hydroxylation is 2. The zero-order chi connectivity index (χ0) is 36.7. The highest BCUT2D eigenvalue weighted by molar-refractivity contribution is 6.31. The van der Waals surface area contributed by atoms with Crippen LogP contribution >= 0.6 is 11.6 Å². The van der Waals surface area contributed by atoms with Crippen LogP contribution < -0.4 is 16.4 Å². The number of rotatable bonds is 14. The summed E-state index contributed by atoms with van der Waals surface area (Å²) in [5, 5.41) is 5.95. The number of hydrogen-bond acceptors (Lipinski definition) is 5. The highest BCUT2D eigenvalue weighted by Gasteiger charge is 2.42. The molecule has 4 N–H and O–H groups in total. The molecule has 6 rings (SSSR count). The minimum Gasteiger partial charge on any atom is -0.443 e. The number of nitrogens with two attached hydrogens (primary N) is 1. The van der Waals surface area contributed by atoms with Crippen molar-refractivity contribution in [3.05, 3.63) is 166 Å². The van der Waals surface area contributed by atoms with Crippen LogP contribution in [0.2, 0.25) is 5.02 Å². The van der Waals surface area contributed by atoms with Crippen LogP contribution in [-0.2, 0) is 44.0 Å². The highest BCUT2D eigenvalue weighted by Crippen LogP contribution is 2.44. The summed E-state index contributed by atoms with van der Waals surface area (Å²) in [5.74, 6) is -1.55. The second-order valence-electron chi connectivity index (χ2n) is 13.8. The van der Waals surface area contributed by atoms with Crippen LogP contribution in [-0.4, -0.2) is 36.4 Å². The van der Waals surface area contributed by atoms with E-state index >= 15 is 0 Å². The van der Waals surface area contributed by atoms with Gasteiger partial charge in [-0.2, -0.15) is 0 Å². The fourth-order valence-corrected chi connectivity index (χ4v) is 7.17. The second-order valence-corrected chi connectivity index (χ2v) is 14.2. The lowest BCUT2D eigenvalue weighted by atomic mass is 9.79. The summed E-state index contributed by atoms with van der Waals surface area (Å²) in [7, 11) is 0. The van der Waals surface area contributed by atoms with E-state index in [2.05, 4.69) is 28.8 Å². The third-order valence-electron chi connectivity index (χ3n) is 9.46. The van der Waals surface area contributed by atoms with E-state index in [-0.39, 0.29) is 5.92 Å². The Labute approximate surface area is 310 Å². The van der Waals surface area contributed by atoms with E-state index in [0.717, 1.165) is 29.5 Å². The summed E-state index contributed by atoms with van der Waals surface area (Å²) in [6.07, 6.45) is 2.79. The molecular formula is C44H44ClN3O4. The third-order valence-corrected chi connectivity index (χ3v) is 9.79. The maximum Gasteiger partial charge on any atom is 0.326 e. The van der Waals surface area contributed by atoms with Gasteiger partial charge in [0.15, 0.2) is 5.60 Å². The van der Waals surface area contributed by atoms with Gasteiger partial charge in [0.05, 0.1) is 6.04 Å². The standard InChI is InChI=1S/C44H44ClN3O4/c1-29(2)23-40(48-42(50)39(46)27-30-11-5-3-6-12-30)43(51)47-28-41(49)52-44(35-13-7-4-8-14-35,37-15-9-10-16-38(37)45)36-21-19-33(20-22-36)34-25-31-17-18-32(24-31)26-34/h3-16,19-22,24-26,29,39-40H,17-18,23,27-28,46H2,1-2H3,(H,47,51)(H,48,50). The molecule has 0 radical (unpaired) electrons. The largest absolute Gasteiger partial charge is 0.443 e. The van der Waals surface area contributed by atoms with Gasteiger partial charge in [0.2, 0.25) is 11.8 Å². The van der Waals surface area contributed by atoms with E-state index in [1.807, 2.05) is 117 Å². The Hall–Kier alpha value is -5.24. The Morgan fingerprint density at radius 2 is 1.35 bits per heavy atom. The van der Waals surface area contributed by atoms with Gasteiger partial charge in [-0.25, -0.2) is 0 Å². The maximum absolute atomic E-state index is 14.0. The summed E-state index contributed by atoms with van der Waals surface area (Å²) < 4.78 is 6.52. The average molecular weight is 714 g/mol. The van der Waals surface area contributed by atoms with E-state index in [0.29, 0.717) is 34.6 Å². The van der Waals surface area contributed by atoms with Gasteiger partial charge in [-0.05, 0) is 65.5 Å². The Morgan fingerprint density at radius 3 is 1.98 bits per heavy atom. The second kappa shape index (κ2) is 16.4. The lowest BCUT2D eigenvalue weighted by Crippen LogP contribution is -2.53. The van der Waals surface area contributed by atoms with Crippen molar-refractivity contribution in [2.75, 3.05) is 6.54 Å². The number of fused-ring (bicyclic) bond motifs is 2. The minimum absolute atomic E-state index is 0.0785. The van der Waals surface area contributed by atoms with Crippen molar-refractivity contribution < 1.29 is 19.1 Å². The summed E-state index contributed by atoms with van der Waals surface area (Å²) in [6.45, 7) is 3.47. The fourth-order valence-electron chi connectivity index (χ4n) is 6.91. The number of esters is 1. The first-order chi connectivity index (χ1) is 25.1. The first-order valence-electron chi connectivity index (χ1n) is 17.8.